The largest absolute Gasteiger partial charge is 0.385 e. The molecule has 2 N–H and O–H groups in total. The summed E-state index contributed by atoms with van der Waals surface area (Å²) in [4.78, 5) is 11.6. The monoisotopic (exact) mass is 484 g/mol. The molecule has 0 aromatic rings. The Labute approximate surface area is 177 Å². The molecule has 1 saturated heterocycles. The summed E-state index contributed by atoms with van der Waals surface area (Å²) in [6.07, 6.45) is 1.07. The molecular formula is C18H41IN6O. The maximum atomic E-state index is 5.09. The fourth-order valence-electron chi connectivity index (χ4n) is 2.98. The zero-order valence-electron chi connectivity index (χ0n) is 17.5. The summed E-state index contributed by atoms with van der Waals surface area (Å²) < 4.78 is 5.09. The number of nitrogens with one attached hydrogen (secondary N) is 2. The Hall–Kier alpha value is -0.160. The molecule has 0 aliphatic carbocycles. The second kappa shape index (κ2) is 15.9. The lowest BCUT2D eigenvalue weighted by Crippen LogP contribution is -2.48. The minimum atomic E-state index is 0. The number of halogens is 1. The standard InChI is InChI=1S/C18H40N6O.HI/c1-17(16-24-12-10-23(4)11-13-24)15-21-18(19-2)20-7-9-22(3)8-6-14-25-5;/h17H,6-16H2,1-5H3,(H2,19,20,21);1H. The van der Waals surface area contributed by atoms with Crippen molar-refractivity contribution in [2.75, 3.05) is 93.8 Å². The first kappa shape index (κ1) is 25.8. The highest BCUT2D eigenvalue weighted by molar-refractivity contribution is 14.0. The quantitative estimate of drug-likeness (QED) is 0.194. The molecule has 0 saturated carbocycles. The maximum absolute atomic E-state index is 5.09. The minimum Gasteiger partial charge on any atom is -0.385 e. The molecule has 8 heteroatoms. The summed E-state index contributed by atoms with van der Waals surface area (Å²) in [7, 11) is 7.93. The van der Waals surface area contributed by atoms with Gasteiger partial charge < -0.3 is 30.1 Å². The fourth-order valence-corrected chi connectivity index (χ4v) is 2.98. The molecule has 26 heavy (non-hydrogen) atoms. The number of ether oxygens (including phenoxy) is 1. The van der Waals surface area contributed by atoms with E-state index in [9.17, 15) is 0 Å². The van der Waals surface area contributed by atoms with Gasteiger partial charge >= 0.3 is 0 Å². The van der Waals surface area contributed by atoms with Crippen LogP contribution in [0.4, 0.5) is 0 Å². The molecule has 156 valence electrons. The highest BCUT2D eigenvalue weighted by atomic mass is 127. The molecule has 1 atom stereocenters. The third-order valence-corrected chi connectivity index (χ3v) is 4.68. The number of likely N-dealkylation sites (N-methyl/N-ethyl adjacent to an activating group) is 2. The lowest BCUT2D eigenvalue weighted by Gasteiger charge is -2.34. The average Bonchev–Trinajstić information content (AvgIpc) is 2.60. The van der Waals surface area contributed by atoms with Crippen molar-refractivity contribution in [2.24, 2.45) is 10.9 Å². The number of piperazine rings is 1. The van der Waals surface area contributed by atoms with Crippen molar-refractivity contribution in [2.45, 2.75) is 13.3 Å². The molecule has 1 aliphatic rings. The van der Waals surface area contributed by atoms with Gasteiger partial charge in [0.25, 0.3) is 0 Å². The zero-order valence-corrected chi connectivity index (χ0v) is 19.8. The normalized spacial score (nSPS) is 17.8. The first-order valence-corrected chi connectivity index (χ1v) is 9.58. The topological polar surface area (TPSA) is 55.4 Å². The number of methoxy groups -OCH3 is 1. The Kier molecular flexibility index (Phi) is 15.8. The molecule has 0 aromatic heterocycles. The molecule has 1 heterocycles. The van der Waals surface area contributed by atoms with Gasteiger partial charge in [0.15, 0.2) is 5.96 Å². The lowest BCUT2D eigenvalue weighted by atomic mass is 10.1. The van der Waals surface area contributed by atoms with Gasteiger partial charge in [-0.25, -0.2) is 0 Å². The zero-order chi connectivity index (χ0) is 18.5. The van der Waals surface area contributed by atoms with E-state index in [1.807, 2.05) is 7.05 Å². The van der Waals surface area contributed by atoms with Gasteiger partial charge in [-0.3, -0.25) is 4.99 Å². The van der Waals surface area contributed by atoms with Gasteiger partial charge in [0.2, 0.25) is 0 Å². The first-order chi connectivity index (χ1) is 12.0. The second-order valence-electron chi connectivity index (χ2n) is 7.24. The smallest absolute Gasteiger partial charge is 0.191 e. The van der Waals surface area contributed by atoms with Crippen LogP contribution in [0.3, 0.4) is 0 Å². The van der Waals surface area contributed by atoms with E-state index in [2.05, 4.69) is 51.3 Å². The van der Waals surface area contributed by atoms with Crippen molar-refractivity contribution in [3.05, 3.63) is 0 Å². The second-order valence-corrected chi connectivity index (χ2v) is 7.24. The van der Waals surface area contributed by atoms with Crippen molar-refractivity contribution < 1.29 is 4.74 Å². The predicted octanol–water partition coefficient (Wildman–Crippen LogP) is 0.621. The van der Waals surface area contributed by atoms with Gasteiger partial charge in [0, 0.05) is 79.7 Å². The van der Waals surface area contributed by atoms with Gasteiger partial charge in [-0.05, 0) is 26.4 Å². The highest BCUT2D eigenvalue weighted by Crippen LogP contribution is 2.03. The number of guanidine groups is 1. The molecule has 0 bridgehead atoms. The Bertz CT molecular complexity index is 364. The number of hydrogen-bond donors (Lipinski definition) is 2. The Morgan fingerprint density at radius 3 is 2.50 bits per heavy atom. The maximum Gasteiger partial charge on any atom is 0.191 e. The number of aliphatic imine (C=N–C) groups is 1. The molecular weight excluding hydrogens is 443 g/mol. The summed E-state index contributed by atoms with van der Waals surface area (Å²) in [5.41, 5.74) is 0. The number of nitrogens with zero attached hydrogens (tertiary/aromatic N) is 4. The Morgan fingerprint density at radius 1 is 1.19 bits per heavy atom. The van der Waals surface area contributed by atoms with Gasteiger partial charge in [0.05, 0.1) is 0 Å². The summed E-state index contributed by atoms with van der Waals surface area (Å²) in [5, 5.41) is 6.86. The molecule has 0 aromatic carbocycles. The van der Waals surface area contributed by atoms with Crippen LogP contribution in [-0.2, 0) is 4.74 Å². The van der Waals surface area contributed by atoms with Crippen LogP contribution in [-0.4, -0.2) is 114 Å². The highest BCUT2D eigenvalue weighted by Gasteiger charge is 2.16. The van der Waals surface area contributed by atoms with Crippen LogP contribution in [0.5, 0.6) is 0 Å². The van der Waals surface area contributed by atoms with Crippen LogP contribution >= 0.6 is 24.0 Å². The Balaban J connectivity index is 0.00000625. The molecule has 7 nitrogen and oxygen atoms in total. The van der Waals surface area contributed by atoms with Crippen LogP contribution in [0.15, 0.2) is 4.99 Å². The summed E-state index contributed by atoms with van der Waals surface area (Å²) in [5.74, 6) is 1.51. The van der Waals surface area contributed by atoms with E-state index in [0.29, 0.717) is 5.92 Å². The third kappa shape index (κ3) is 12.3. The van der Waals surface area contributed by atoms with Gasteiger partial charge in [0.1, 0.15) is 0 Å². The molecule has 1 unspecified atom stereocenters. The van der Waals surface area contributed by atoms with Crippen LogP contribution < -0.4 is 10.6 Å². The molecule has 0 radical (unpaired) electrons. The lowest BCUT2D eigenvalue weighted by molar-refractivity contribution is 0.139. The van der Waals surface area contributed by atoms with E-state index in [1.165, 1.54) is 26.2 Å². The third-order valence-electron chi connectivity index (χ3n) is 4.68. The van der Waals surface area contributed by atoms with Crippen LogP contribution in [0.1, 0.15) is 13.3 Å². The number of hydrogen-bond acceptors (Lipinski definition) is 5. The van der Waals surface area contributed by atoms with Crippen LogP contribution in [0.25, 0.3) is 0 Å². The van der Waals surface area contributed by atoms with Crippen molar-refractivity contribution in [1.29, 1.82) is 0 Å². The molecule has 0 spiro atoms. The van der Waals surface area contributed by atoms with E-state index in [4.69, 9.17) is 4.74 Å². The molecule has 1 aliphatic heterocycles. The van der Waals surface area contributed by atoms with E-state index in [0.717, 1.165) is 51.7 Å². The van der Waals surface area contributed by atoms with Crippen LogP contribution in [0, 0.1) is 5.92 Å². The van der Waals surface area contributed by atoms with E-state index in [-0.39, 0.29) is 24.0 Å². The number of rotatable bonds is 11. The molecule has 1 fully saturated rings. The first-order valence-electron chi connectivity index (χ1n) is 9.58. The van der Waals surface area contributed by atoms with Crippen molar-refractivity contribution in [3.63, 3.8) is 0 Å². The summed E-state index contributed by atoms with van der Waals surface area (Å²) in [6, 6.07) is 0. The molecule has 0 amide bonds. The predicted molar refractivity (Wildman–Crippen MR) is 122 cm³/mol. The Morgan fingerprint density at radius 2 is 1.88 bits per heavy atom. The fraction of sp³-hybridized carbons (Fsp3) is 0.944. The van der Waals surface area contributed by atoms with Crippen molar-refractivity contribution in [3.8, 4) is 0 Å². The van der Waals surface area contributed by atoms with Gasteiger partial charge in [-0.2, -0.15) is 0 Å². The average molecular weight is 484 g/mol. The van der Waals surface area contributed by atoms with Crippen LogP contribution in [0.2, 0.25) is 0 Å². The van der Waals surface area contributed by atoms with Crippen molar-refractivity contribution in [1.82, 2.24) is 25.3 Å². The van der Waals surface area contributed by atoms with E-state index < -0.39 is 0 Å². The SMILES string of the molecule is CN=C(NCCN(C)CCCOC)NCC(C)CN1CCN(C)CC1.I. The van der Waals surface area contributed by atoms with Crippen molar-refractivity contribution >= 4 is 29.9 Å². The summed E-state index contributed by atoms with van der Waals surface area (Å²) >= 11 is 0. The van der Waals surface area contributed by atoms with E-state index >= 15 is 0 Å². The molecule has 1 rings (SSSR count). The minimum absolute atomic E-state index is 0. The summed E-state index contributed by atoms with van der Waals surface area (Å²) in [6.45, 7) is 12.9. The van der Waals surface area contributed by atoms with Gasteiger partial charge in [-0.1, -0.05) is 6.92 Å². The van der Waals surface area contributed by atoms with Gasteiger partial charge in [-0.15, -0.1) is 24.0 Å². The van der Waals surface area contributed by atoms with E-state index in [1.54, 1.807) is 7.11 Å².